The lowest BCUT2D eigenvalue weighted by Crippen LogP contribution is -2.38. The number of hydrogen-bond donors (Lipinski definition) is 1. The number of carbonyl (C=O) groups excluding carboxylic acids is 2. The van der Waals surface area contributed by atoms with Gasteiger partial charge in [-0.3, -0.25) is 19.7 Å². The molecule has 1 aliphatic rings. The highest BCUT2D eigenvalue weighted by molar-refractivity contribution is 5.96. The van der Waals surface area contributed by atoms with Crippen LogP contribution in [0.3, 0.4) is 0 Å². The van der Waals surface area contributed by atoms with Crippen LogP contribution in [0.1, 0.15) is 12.0 Å². The molecule has 7 nitrogen and oxygen atoms in total. The van der Waals surface area contributed by atoms with Crippen LogP contribution < -0.4 is 10.2 Å². The van der Waals surface area contributed by atoms with Crippen LogP contribution in [0, 0.1) is 15.9 Å². The number of non-ortho nitro benzene ring substituents is 1. The summed E-state index contributed by atoms with van der Waals surface area (Å²) in [5, 5.41) is 13.4. The number of benzene rings is 2. The van der Waals surface area contributed by atoms with E-state index in [2.05, 4.69) is 5.32 Å². The summed E-state index contributed by atoms with van der Waals surface area (Å²) in [4.78, 5) is 35.9. The number of nitrogens with one attached hydrogen (secondary N) is 1. The quantitative estimate of drug-likeness (QED) is 0.656. The molecule has 2 amide bonds. The van der Waals surface area contributed by atoms with E-state index in [-0.39, 0.29) is 42.9 Å². The number of nitrogens with zero attached hydrogens (tertiary/aromatic N) is 2. The summed E-state index contributed by atoms with van der Waals surface area (Å²) in [5.41, 5.74) is 1.06. The van der Waals surface area contributed by atoms with Crippen LogP contribution in [-0.2, 0) is 16.0 Å². The van der Waals surface area contributed by atoms with E-state index >= 15 is 0 Å². The third kappa shape index (κ3) is 4.02. The Hall–Kier alpha value is -3.29. The van der Waals surface area contributed by atoms with Gasteiger partial charge in [-0.15, -0.1) is 0 Å². The molecule has 1 atom stereocenters. The minimum absolute atomic E-state index is 0.0405. The molecule has 1 saturated heterocycles. The zero-order valence-electron chi connectivity index (χ0n) is 13.7. The van der Waals surface area contributed by atoms with Crippen LogP contribution in [0.4, 0.5) is 15.8 Å². The number of amides is 2. The number of nitro groups is 1. The van der Waals surface area contributed by atoms with Crippen molar-refractivity contribution in [2.75, 3.05) is 11.4 Å². The highest BCUT2D eigenvalue weighted by Crippen LogP contribution is 2.22. The number of carbonyl (C=O) groups is 2. The molecule has 8 heteroatoms. The first-order valence-electron chi connectivity index (χ1n) is 8.01. The summed E-state index contributed by atoms with van der Waals surface area (Å²) in [7, 11) is 0. The second-order valence-electron chi connectivity index (χ2n) is 6.05. The molecule has 0 unspecified atom stereocenters. The maximum atomic E-state index is 13.3. The van der Waals surface area contributed by atoms with Gasteiger partial charge in [-0.25, -0.2) is 4.39 Å². The molecular weight excluding hydrogens is 341 g/mol. The van der Waals surface area contributed by atoms with E-state index < -0.39 is 10.7 Å². The predicted molar refractivity (Wildman–Crippen MR) is 92.1 cm³/mol. The molecule has 1 fully saturated rings. The molecule has 0 bridgehead atoms. The first-order chi connectivity index (χ1) is 12.4. The summed E-state index contributed by atoms with van der Waals surface area (Å²) in [6.45, 7) is 0.272. The molecule has 1 aliphatic heterocycles. The van der Waals surface area contributed by atoms with E-state index in [0.29, 0.717) is 11.3 Å². The Kier molecular flexibility index (Phi) is 4.92. The molecule has 0 saturated carbocycles. The lowest BCUT2D eigenvalue weighted by Gasteiger charge is -2.17. The first kappa shape index (κ1) is 17.5. The predicted octanol–water partition coefficient (Wildman–Crippen LogP) is 2.20. The molecule has 134 valence electrons. The monoisotopic (exact) mass is 357 g/mol. The molecule has 0 aromatic heterocycles. The van der Waals surface area contributed by atoms with Gasteiger partial charge in [-0.1, -0.05) is 18.2 Å². The van der Waals surface area contributed by atoms with Gasteiger partial charge in [0.05, 0.1) is 17.4 Å². The zero-order valence-corrected chi connectivity index (χ0v) is 13.7. The molecule has 2 aromatic carbocycles. The molecule has 0 radical (unpaired) electrons. The second-order valence-corrected chi connectivity index (χ2v) is 6.05. The first-order valence-corrected chi connectivity index (χ1v) is 8.01. The Morgan fingerprint density at radius 2 is 2.00 bits per heavy atom. The minimum Gasteiger partial charge on any atom is -0.351 e. The van der Waals surface area contributed by atoms with E-state index in [1.807, 2.05) is 0 Å². The zero-order chi connectivity index (χ0) is 18.7. The van der Waals surface area contributed by atoms with Gasteiger partial charge in [0, 0.05) is 30.8 Å². The van der Waals surface area contributed by atoms with Crippen molar-refractivity contribution in [2.45, 2.75) is 18.9 Å². The number of halogens is 1. The Morgan fingerprint density at radius 3 is 2.65 bits per heavy atom. The fraction of sp³-hybridized carbons (Fsp3) is 0.222. The standard InChI is InChI=1S/C18H16FN3O4/c19-13-2-1-3-16(9-13)21-11-14(10-18(21)24)20-17(23)8-12-4-6-15(7-5-12)22(25)26/h1-7,9,14H,8,10-11H2,(H,20,23)/t14-/m0/s1. The van der Waals surface area contributed by atoms with Crippen molar-refractivity contribution in [2.24, 2.45) is 0 Å². The fourth-order valence-electron chi connectivity index (χ4n) is 2.90. The smallest absolute Gasteiger partial charge is 0.269 e. The molecule has 2 aromatic rings. The van der Waals surface area contributed by atoms with Gasteiger partial charge in [0.15, 0.2) is 0 Å². The lowest BCUT2D eigenvalue weighted by atomic mass is 10.1. The Morgan fingerprint density at radius 1 is 1.27 bits per heavy atom. The summed E-state index contributed by atoms with van der Waals surface area (Å²) in [6.07, 6.45) is 0.200. The largest absolute Gasteiger partial charge is 0.351 e. The number of rotatable bonds is 5. The second kappa shape index (κ2) is 7.30. The van der Waals surface area contributed by atoms with E-state index in [9.17, 15) is 24.1 Å². The average Bonchev–Trinajstić information content (AvgIpc) is 2.95. The van der Waals surface area contributed by atoms with Crippen LogP contribution in [0.2, 0.25) is 0 Å². The normalized spacial score (nSPS) is 16.6. The van der Waals surface area contributed by atoms with E-state index in [0.717, 1.165) is 0 Å². The van der Waals surface area contributed by atoms with E-state index in [1.165, 1.54) is 47.4 Å². The van der Waals surface area contributed by atoms with Crippen molar-refractivity contribution in [3.05, 3.63) is 70.0 Å². The molecule has 1 heterocycles. The van der Waals surface area contributed by atoms with Crippen molar-refractivity contribution in [1.29, 1.82) is 0 Å². The van der Waals surface area contributed by atoms with Gasteiger partial charge in [-0.2, -0.15) is 0 Å². The van der Waals surface area contributed by atoms with Crippen molar-refractivity contribution in [3.63, 3.8) is 0 Å². The number of anilines is 1. The van der Waals surface area contributed by atoms with Crippen LogP contribution in [0.25, 0.3) is 0 Å². The molecular formula is C18H16FN3O4. The van der Waals surface area contributed by atoms with Gasteiger partial charge in [0.25, 0.3) is 5.69 Å². The van der Waals surface area contributed by atoms with Gasteiger partial charge in [0.2, 0.25) is 11.8 Å². The summed E-state index contributed by atoms with van der Waals surface area (Å²) in [5.74, 6) is -0.894. The van der Waals surface area contributed by atoms with Crippen LogP contribution in [0.5, 0.6) is 0 Å². The Balaban J connectivity index is 1.58. The number of hydrogen-bond acceptors (Lipinski definition) is 4. The minimum atomic E-state index is -0.505. The lowest BCUT2D eigenvalue weighted by molar-refractivity contribution is -0.384. The molecule has 0 spiro atoms. The maximum absolute atomic E-state index is 13.3. The van der Waals surface area contributed by atoms with E-state index in [4.69, 9.17) is 0 Å². The summed E-state index contributed by atoms with van der Waals surface area (Å²) >= 11 is 0. The van der Waals surface area contributed by atoms with Gasteiger partial charge in [0.1, 0.15) is 5.82 Å². The van der Waals surface area contributed by atoms with Crippen LogP contribution in [0.15, 0.2) is 48.5 Å². The van der Waals surface area contributed by atoms with Crippen molar-refractivity contribution in [3.8, 4) is 0 Å². The molecule has 26 heavy (non-hydrogen) atoms. The topological polar surface area (TPSA) is 92.5 Å². The average molecular weight is 357 g/mol. The van der Waals surface area contributed by atoms with Crippen LogP contribution >= 0.6 is 0 Å². The van der Waals surface area contributed by atoms with Gasteiger partial charge in [-0.05, 0) is 23.8 Å². The highest BCUT2D eigenvalue weighted by atomic mass is 19.1. The third-order valence-electron chi connectivity index (χ3n) is 4.12. The fourth-order valence-corrected chi connectivity index (χ4v) is 2.90. The molecule has 3 rings (SSSR count). The van der Waals surface area contributed by atoms with E-state index in [1.54, 1.807) is 6.07 Å². The van der Waals surface area contributed by atoms with Crippen molar-refractivity contribution in [1.82, 2.24) is 5.32 Å². The Bertz CT molecular complexity index is 854. The summed E-state index contributed by atoms with van der Waals surface area (Å²) < 4.78 is 13.3. The van der Waals surface area contributed by atoms with Crippen molar-refractivity contribution < 1.29 is 18.9 Å². The third-order valence-corrected chi connectivity index (χ3v) is 4.12. The molecule has 0 aliphatic carbocycles. The van der Waals surface area contributed by atoms with Gasteiger partial charge < -0.3 is 10.2 Å². The highest BCUT2D eigenvalue weighted by Gasteiger charge is 2.31. The van der Waals surface area contributed by atoms with Crippen molar-refractivity contribution >= 4 is 23.2 Å². The summed E-state index contributed by atoms with van der Waals surface area (Å²) in [6, 6.07) is 11.1. The number of nitro benzene ring substituents is 1. The Labute approximate surface area is 148 Å². The van der Waals surface area contributed by atoms with Gasteiger partial charge >= 0.3 is 0 Å². The SMILES string of the molecule is O=C(Cc1ccc([N+](=O)[O-])cc1)N[C@H]1CC(=O)N(c2cccc(F)c2)C1. The molecule has 1 N–H and O–H groups in total. The van der Waals surface area contributed by atoms with Crippen LogP contribution in [-0.4, -0.2) is 29.3 Å². The maximum Gasteiger partial charge on any atom is 0.269 e.